The third-order valence-electron chi connectivity index (χ3n) is 4.88. The molecule has 0 heterocycles. The van der Waals surface area contributed by atoms with Gasteiger partial charge in [0.1, 0.15) is 0 Å². The largest absolute Gasteiger partial charge is 0.472 e. The summed E-state index contributed by atoms with van der Waals surface area (Å²) in [5.41, 5.74) is 2.46. The molecule has 24 heavy (non-hydrogen) atoms. The van der Waals surface area contributed by atoms with E-state index in [1.165, 1.54) is 11.1 Å². The summed E-state index contributed by atoms with van der Waals surface area (Å²) in [4.78, 5) is 9.49. The van der Waals surface area contributed by atoms with Crippen molar-refractivity contribution in [2.75, 3.05) is 0 Å². The van der Waals surface area contributed by atoms with E-state index in [4.69, 9.17) is 4.52 Å². The number of phosphoric ester groups is 1. The van der Waals surface area contributed by atoms with Crippen molar-refractivity contribution in [1.29, 1.82) is 0 Å². The molecule has 0 aliphatic heterocycles. The van der Waals surface area contributed by atoms with Crippen LogP contribution in [0.3, 0.4) is 0 Å². The molecule has 127 valence electrons. The molecule has 1 saturated carbocycles. The molecule has 0 aromatic heterocycles. The van der Waals surface area contributed by atoms with Crippen molar-refractivity contribution < 1.29 is 18.5 Å². The molecule has 0 amide bonds. The van der Waals surface area contributed by atoms with Gasteiger partial charge in [-0.15, -0.1) is 0 Å². The second-order valence-corrected chi connectivity index (χ2v) is 7.62. The summed E-state index contributed by atoms with van der Waals surface area (Å²) in [7, 11) is -1.03. The maximum atomic E-state index is 11.6. The van der Waals surface area contributed by atoms with Gasteiger partial charge in [0.25, 0.3) is 0 Å². The van der Waals surface area contributed by atoms with Gasteiger partial charge in [-0.1, -0.05) is 60.7 Å². The number of rotatable bonds is 5. The second kappa shape index (κ2) is 7.20. The Kier molecular flexibility index (Phi) is 5.21. The van der Waals surface area contributed by atoms with Crippen LogP contribution in [0, 0.1) is 7.11 Å². The molecule has 0 saturated heterocycles. The van der Waals surface area contributed by atoms with E-state index < -0.39 is 7.82 Å². The summed E-state index contributed by atoms with van der Waals surface area (Å²) in [5, 5.41) is 0. The molecular weight excluding hydrogens is 323 g/mol. The van der Waals surface area contributed by atoms with E-state index in [1.54, 1.807) is 0 Å². The van der Waals surface area contributed by atoms with E-state index in [1.807, 2.05) is 12.1 Å². The molecule has 0 bridgehead atoms. The van der Waals surface area contributed by atoms with E-state index >= 15 is 0 Å². The fraction of sp³-hybridized carbons (Fsp3) is 0.316. The lowest BCUT2D eigenvalue weighted by Crippen LogP contribution is -2.35. The monoisotopic (exact) mass is 345 g/mol. The van der Waals surface area contributed by atoms with E-state index in [0.29, 0.717) is 12.8 Å². The molecule has 3 rings (SSSR count). The smallest absolute Gasteiger partial charge is 0.302 e. The van der Waals surface area contributed by atoms with Crippen molar-refractivity contribution in [1.82, 2.24) is 0 Å². The molecule has 1 aliphatic rings. The van der Waals surface area contributed by atoms with Crippen LogP contribution in [0.25, 0.3) is 0 Å². The maximum absolute atomic E-state index is 11.6. The van der Waals surface area contributed by atoms with Gasteiger partial charge in [-0.2, -0.15) is 0 Å². The van der Waals surface area contributed by atoms with Gasteiger partial charge in [0, 0.05) is 5.41 Å². The predicted octanol–water partition coefficient (Wildman–Crippen LogP) is 4.84. The summed E-state index contributed by atoms with van der Waals surface area (Å²) in [6.07, 6.45) is 2.80. The Balaban J connectivity index is 1.86. The Labute approximate surface area is 143 Å². The summed E-state index contributed by atoms with van der Waals surface area (Å²) < 4.78 is 21.1. The first-order valence-corrected chi connectivity index (χ1v) is 9.61. The highest BCUT2D eigenvalue weighted by Crippen LogP contribution is 2.50. The van der Waals surface area contributed by atoms with Gasteiger partial charge in [-0.3, -0.25) is 9.05 Å². The number of hydrogen-bond donors (Lipinski definition) is 1. The maximum Gasteiger partial charge on any atom is 0.472 e. The van der Waals surface area contributed by atoms with Gasteiger partial charge in [0.05, 0.1) is 13.2 Å². The van der Waals surface area contributed by atoms with Crippen molar-refractivity contribution >= 4 is 7.82 Å². The predicted molar refractivity (Wildman–Crippen MR) is 93.3 cm³/mol. The van der Waals surface area contributed by atoms with Crippen LogP contribution >= 0.6 is 7.82 Å². The Hall–Kier alpha value is -1.45. The van der Waals surface area contributed by atoms with Crippen LogP contribution in [-0.2, 0) is 19.0 Å². The van der Waals surface area contributed by atoms with Gasteiger partial charge >= 0.3 is 7.82 Å². The zero-order valence-corrected chi connectivity index (χ0v) is 14.4. The third-order valence-corrected chi connectivity index (χ3v) is 5.78. The average molecular weight is 345 g/mol. The molecule has 1 fully saturated rings. The van der Waals surface area contributed by atoms with Crippen molar-refractivity contribution in [2.24, 2.45) is 0 Å². The summed E-state index contributed by atoms with van der Waals surface area (Å²) in [5.74, 6) is 0. The van der Waals surface area contributed by atoms with Crippen LogP contribution in [0.5, 0.6) is 0 Å². The van der Waals surface area contributed by atoms with Gasteiger partial charge in [0.2, 0.25) is 0 Å². The van der Waals surface area contributed by atoms with Crippen LogP contribution in [0.1, 0.15) is 36.8 Å². The highest BCUT2D eigenvalue weighted by molar-refractivity contribution is 7.47. The van der Waals surface area contributed by atoms with Crippen molar-refractivity contribution in [3.8, 4) is 0 Å². The molecule has 1 N–H and O–H groups in total. The quantitative estimate of drug-likeness (QED) is 0.788. The lowest BCUT2D eigenvalue weighted by Gasteiger charge is -2.41. The highest BCUT2D eigenvalue weighted by Gasteiger charge is 2.40. The molecule has 1 atom stereocenters. The van der Waals surface area contributed by atoms with Crippen LogP contribution < -0.4 is 0 Å². The lowest BCUT2D eigenvalue weighted by molar-refractivity contribution is 0.0840. The van der Waals surface area contributed by atoms with E-state index in [2.05, 4.69) is 60.2 Å². The first kappa shape index (κ1) is 17.4. The standard InChI is InChI=1S/C19H22O4P/c1-22-24(20,21)23-18-12-14-19(15-13-18,16-8-4-2-5-9-16)17-10-6-3-7-11-17/h2-11,18H,1,12-15H2,(H,20,21). The van der Waals surface area contributed by atoms with Crippen molar-refractivity contribution in [2.45, 2.75) is 37.2 Å². The molecule has 5 heteroatoms. The summed E-state index contributed by atoms with van der Waals surface area (Å²) in [6, 6.07) is 20.9. The fourth-order valence-corrected chi connectivity index (χ4v) is 4.32. The zero-order chi connectivity index (χ0) is 17.0. The van der Waals surface area contributed by atoms with Crippen molar-refractivity contribution in [3.05, 3.63) is 78.9 Å². The normalized spacial score (nSPS) is 20.4. The lowest BCUT2D eigenvalue weighted by atomic mass is 9.65. The van der Waals surface area contributed by atoms with Crippen LogP contribution in [0.15, 0.2) is 60.7 Å². The van der Waals surface area contributed by atoms with Gasteiger partial charge < -0.3 is 4.89 Å². The molecule has 1 unspecified atom stereocenters. The first-order valence-electron chi connectivity index (χ1n) is 8.12. The van der Waals surface area contributed by atoms with Crippen LogP contribution in [-0.4, -0.2) is 11.0 Å². The second-order valence-electron chi connectivity index (χ2n) is 6.22. The minimum Gasteiger partial charge on any atom is -0.302 e. The Morgan fingerprint density at radius 3 is 1.83 bits per heavy atom. The Morgan fingerprint density at radius 2 is 1.42 bits per heavy atom. The third kappa shape index (κ3) is 3.62. The number of hydrogen-bond acceptors (Lipinski definition) is 3. The average Bonchev–Trinajstić information content (AvgIpc) is 2.64. The van der Waals surface area contributed by atoms with E-state index in [0.717, 1.165) is 12.8 Å². The molecule has 1 aliphatic carbocycles. The molecule has 0 spiro atoms. The first-order chi connectivity index (χ1) is 11.6. The summed E-state index contributed by atoms with van der Waals surface area (Å²) >= 11 is 0. The fourth-order valence-electron chi connectivity index (χ4n) is 3.67. The molecule has 4 nitrogen and oxygen atoms in total. The van der Waals surface area contributed by atoms with Crippen molar-refractivity contribution in [3.63, 3.8) is 0 Å². The molecule has 2 aromatic carbocycles. The van der Waals surface area contributed by atoms with E-state index in [-0.39, 0.29) is 11.5 Å². The Morgan fingerprint density at radius 1 is 0.958 bits per heavy atom. The minimum absolute atomic E-state index is 0.0901. The Bertz CT molecular complexity index is 652. The minimum atomic E-state index is -4.04. The van der Waals surface area contributed by atoms with Crippen LogP contribution in [0.2, 0.25) is 0 Å². The molecule has 1 radical (unpaired) electrons. The number of phosphoric acid groups is 1. The van der Waals surface area contributed by atoms with Gasteiger partial charge in [-0.25, -0.2) is 4.57 Å². The highest BCUT2D eigenvalue weighted by atomic mass is 31.2. The summed E-state index contributed by atoms with van der Waals surface area (Å²) in [6.45, 7) is 0. The SMILES string of the molecule is [CH2]OP(=O)(O)OC1CCC(c2ccccc2)(c2ccccc2)CC1. The van der Waals surface area contributed by atoms with Gasteiger partial charge in [-0.05, 0) is 36.8 Å². The number of benzene rings is 2. The van der Waals surface area contributed by atoms with E-state index in [9.17, 15) is 9.46 Å². The topological polar surface area (TPSA) is 55.8 Å². The molecule has 2 aromatic rings. The molecular formula is C19H22O4P. The van der Waals surface area contributed by atoms with Gasteiger partial charge in [0.15, 0.2) is 0 Å². The van der Waals surface area contributed by atoms with Crippen LogP contribution in [0.4, 0.5) is 0 Å². The zero-order valence-electron chi connectivity index (χ0n) is 13.5.